The Balaban J connectivity index is 2.26. The predicted molar refractivity (Wildman–Crippen MR) is 65.5 cm³/mol. The van der Waals surface area contributed by atoms with Gasteiger partial charge in [0.2, 0.25) is 0 Å². The van der Waals surface area contributed by atoms with Gasteiger partial charge in [0.05, 0.1) is 5.69 Å². The molecule has 0 aliphatic carbocycles. The molecule has 2 rings (SSSR count). The second-order valence-corrected chi connectivity index (χ2v) is 4.26. The van der Waals surface area contributed by atoms with E-state index in [2.05, 4.69) is 18.8 Å². The van der Waals surface area contributed by atoms with E-state index >= 15 is 0 Å². The van der Waals surface area contributed by atoms with Gasteiger partial charge in [-0.05, 0) is 45.0 Å². The summed E-state index contributed by atoms with van der Waals surface area (Å²) in [5.74, 6) is 0.885. The number of hydrogen-bond donors (Lipinski definition) is 1. The van der Waals surface area contributed by atoms with Crippen molar-refractivity contribution in [2.45, 2.75) is 26.8 Å². The zero-order chi connectivity index (χ0) is 12.4. The van der Waals surface area contributed by atoms with Crippen molar-refractivity contribution >= 4 is 0 Å². The van der Waals surface area contributed by atoms with Crippen LogP contribution in [0.5, 0.6) is 17.5 Å². The van der Waals surface area contributed by atoms with E-state index in [4.69, 9.17) is 4.74 Å². The van der Waals surface area contributed by atoms with Gasteiger partial charge in [0, 0.05) is 12.2 Å². The van der Waals surface area contributed by atoms with Crippen LogP contribution in [0.15, 0.2) is 30.5 Å². The predicted octanol–water partition coefficient (Wildman–Crippen LogP) is 3.27. The summed E-state index contributed by atoms with van der Waals surface area (Å²) in [6.45, 7) is 6.08. The molecule has 0 saturated heterocycles. The van der Waals surface area contributed by atoms with E-state index in [1.807, 2.05) is 17.7 Å². The Bertz CT molecular complexity index is 501. The highest BCUT2D eigenvalue weighted by Gasteiger charge is 2.10. The molecule has 0 aliphatic heterocycles. The Kier molecular flexibility index (Phi) is 3.04. The number of aromatic hydroxyl groups is 1. The molecule has 0 amide bonds. The molecule has 17 heavy (non-hydrogen) atoms. The highest BCUT2D eigenvalue weighted by molar-refractivity contribution is 5.32. The van der Waals surface area contributed by atoms with Crippen molar-refractivity contribution in [1.29, 1.82) is 0 Å². The second-order valence-electron chi connectivity index (χ2n) is 4.26. The SMILES string of the molecule is Cc1cn(C(C)C)c(Oc2ccc(O)cc2)n1. The maximum Gasteiger partial charge on any atom is 0.302 e. The van der Waals surface area contributed by atoms with Gasteiger partial charge < -0.3 is 9.84 Å². The van der Waals surface area contributed by atoms with Gasteiger partial charge in [-0.1, -0.05) is 0 Å². The number of nitrogens with zero attached hydrogens (tertiary/aromatic N) is 2. The van der Waals surface area contributed by atoms with Crippen molar-refractivity contribution in [3.8, 4) is 17.5 Å². The molecule has 1 heterocycles. The molecular formula is C13H16N2O2. The van der Waals surface area contributed by atoms with Crippen LogP contribution in [0, 0.1) is 6.92 Å². The highest BCUT2D eigenvalue weighted by atomic mass is 16.5. The van der Waals surface area contributed by atoms with Crippen LogP contribution in [0.2, 0.25) is 0 Å². The Labute approximate surface area is 100 Å². The molecule has 1 N–H and O–H groups in total. The third-order valence-electron chi connectivity index (χ3n) is 2.42. The lowest BCUT2D eigenvalue weighted by atomic mass is 10.3. The first-order valence-corrected chi connectivity index (χ1v) is 5.58. The van der Waals surface area contributed by atoms with Crippen LogP contribution in [0.1, 0.15) is 25.6 Å². The molecule has 90 valence electrons. The summed E-state index contributed by atoms with van der Waals surface area (Å²) in [7, 11) is 0. The van der Waals surface area contributed by atoms with Crippen molar-refractivity contribution in [2.75, 3.05) is 0 Å². The van der Waals surface area contributed by atoms with Crippen LogP contribution in [-0.4, -0.2) is 14.7 Å². The van der Waals surface area contributed by atoms with E-state index < -0.39 is 0 Å². The number of hydrogen-bond acceptors (Lipinski definition) is 3. The monoisotopic (exact) mass is 232 g/mol. The first-order chi connectivity index (χ1) is 8.06. The van der Waals surface area contributed by atoms with E-state index in [1.54, 1.807) is 24.3 Å². The lowest BCUT2D eigenvalue weighted by Crippen LogP contribution is -2.01. The van der Waals surface area contributed by atoms with Gasteiger partial charge in [-0.3, -0.25) is 4.57 Å². The average molecular weight is 232 g/mol. The van der Waals surface area contributed by atoms with Gasteiger partial charge in [-0.15, -0.1) is 0 Å². The van der Waals surface area contributed by atoms with Gasteiger partial charge in [0.1, 0.15) is 11.5 Å². The molecule has 0 saturated carbocycles. The fourth-order valence-electron chi connectivity index (χ4n) is 1.56. The number of benzene rings is 1. The van der Waals surface area contributed by atoms with Crippen LogP contribution in [0.3, 0.4) is 0 Å². The van der Waals surface area contributed by atoms with Crippen molar-refractivity contribution in [3.63, 3.8) is 0 Å². The molecule has 0 fully saturated rings. The molecule has 0 aliphatic rings. The van der Waals surface area contributed by atoms with Crippen molar-refractivity contribution in [1.82, 2.24) is 9.55 Å². The van der Waals surface area contributed by atoms with E-state index in [1.165, 1.54) is 0 Å². The third-order valence-corrected chi connectivity index (χ3v) is 2.42. The van der Waals surface area contributed by atoms with Gasteiger partial charge in [-0.2, -0.15) is 0 Å². The summed E-state index contributed by atoms with van der Waals surface area (Å²) >= 11 is 0. The molecule has 0 bridgehead atoms. The minimum Gasteiger partial charge on any atom is -0.508 e. The average Bonchev–Trinajstić information content (AvgIpc) is 2.63. The Morgan fingerprint density at radius 1 is 1.24 bits per heavy atom. The number of aromatic nitrogens is 2. The topological polar surface area (TPSA) is 47.3 Å². The lowest BCUT2D eigenvalue weighted by molar-refractivity contribution is 0.394. The van der Waals surface area contributed by atoms with E-state index in [0.717, 1.165) is 5.69 Å². The Hall–Kier alpha value is -1.97. The second kappa shape index (κ2) is 4.49. The number of phenolic OH excluding ortho intramolecular Hbond substituents is 1. The number of phenols is 1. The van der Waals surface area contributed by atoms with Crippen LogP contribution in [0.25, 0.3) is 0 Å². The zero-order valence-corrected chi connectivity index (χ0v) is 10.2. The number of ether oxygens (including phenoxy) is 1. The summed E-state index contributed by atoms with van der Waals surface area (Å²) in [6, 6.07) is 7.47. The fraction of sp³-hybridized carbons (Fsp3) is 0.308. The summed E-state index contributed by atoms with van der Waals surface area (Å²) in [4.78, 5) is 4.33. The van der Waals surface area contributed by atoms with Crippen molar-refractivity contribution in [2.24, 2.45) is 0 Å². The van der Waals surface area contributed by atoms with Crippen LogP contribution in [-0.2, 0) is 0 Å². The molecule has 0 radical (unpaired) electrons. The summed E-state index contributed by atoms with van der Waals surface area (Å²) in [5.41, 5.74) is 0.924. The minimum absolute atomic E-state index is 0.223. The fourth-order valence-corrected chi connectivity index (χ4v) is 1.56. The van der Waals surface area contributed by atoms with Crippen molar-refractivity contribution < 1.29 is 9.84 Å². The molecule has 1 aromatic heterocycles. The van der Waals surface area contributed by atoms with Gasteiger partial charge in [0.25, 0.3) is 0 Å². The Morgan fingerprint density at radius 3 is 2.47 bits per heavy atom. The number of imidazole rings is 1. The molecule has 4 nitrogen and oxygen atoms in total. The molecule has 4 heteroatoms. The van der Waals surface area contributed by atoms with Crippen molar-refractivity contribution in [3.05, 3.63) is 36.2 Å². The van der Waals surface area contributed by atoms with E-state index in [0.29, 0.717) is 17.8 Å². The van der Waals surface area contributed by atoms with Crippen LogP contribution >= 0.6 is 0 Å². The largest absolute Gasteiger partial charge is 0.508 e. The summed E-state index contributed by atoms with van der Waals surface area (Å²) < 4.78 is 7.66. The zero-order valence-electron chi connectivity index (χ0n) is 10.2. The van der Waals surface area contributed by atoms with E-state index in [9.17, 15) is 5.11 Å². The van der Waals surface area contributed by atoms with Crippen LogP contribution < -0.4 is 4.74 Å². The van der Waals surface area contributed by atoms with Crippen LogP contribution in [0.4, 0.5) is 0 Å². The molecule has 0 unspecified atom stereocenters. The normalized spacial score (nSPS) is 10.8. The number of rotatable bonds is 3. The van der Waals surface area contributed by atoms with Gasteiger partial charge in [-0.25, -0.2) is 4.98 Å². The molecule has 1 aromatic carbocycles. The van der Waals surface area contributed by atoms with Gasteiger partial charge in [0.15, 0.2) is 0 Å². The smallest absolute Gasteiger partial charge is 0.302 e. The third kappa shape index (κ3) is 2.58. The maximum absolute atomic E-state index is 9.19. The lowest BCUT2D eigenvalue weighted by Gasteiger charge is -2.11. The first-order valence-electron chi connectivity index (χ1n) is 5.58. The summed E-state index contributed by atoms with van der Waals surface area (Å²) in [6.07, 6.45) is 1.96. The van der Waals surface area contributed by atoms with Gasteiger partial charge >= 0.3 is 6.01 Å². The minimum atomic E-state index is 0.223. The maximum atomic E-state index is 9.19. The summed E-state index contributed by atoms with van der Waals surface area (Å²) in [5, 5.41) is 9.19. The Morgan fingerprint density at radius 2 is 1.88 bits per heavy atom. The van der Waals surface area contributed by atoms with E-state index in [-0.39, 0.29) is 5.75 Å². The standard InChI is InChI=1S/C13H16N2O2/c1-9(2)15-8-10(3)14-13(15)17-12-6-4-11(16)5-7-12/h4-9,16H,1-3H3. The molecule has 2 aromatic rings. The highest BCUT2D eigenvalue weighted by Crippen LogP contribution is 2.25. The number of aryl methyl sites for hydroxylation is 1. The molecule has 0 atom stereocenters. The first kappa shape index (κ1) is 11.5. The molecular weight excluding hydrogens is 216 g/mol. The quantitative estimate of drug-likeness (QED) is 0.883. The molecule has 0 spiro atoms.